The van der Waals surface area contributed by atoms with Crippen molar-refractivity contribution in [3.8, 4) is 45.5 Å². The van der Waals surface area contributed by atoms with Crippen molar-refractivity contribution in [2.75, 3.05) is 0 Å². The standard InChI is InChI=1S/C61H37N5/c1-2-17-41(18-3-1)59-62-60(64-61(63-59)51-26-14-20-39-15-4-7-21-46(39)51)43-30-29-38-31-33-45(36-44(38)35-43)65-54-28-13-11-25-52(54)56-55(65)37-42-19-6-9-23-48(42)58(56)66-53-27-12-10-24-49(53)50-34-32-40-16-5-8-22-47(40)57(50)66/h1-37H. The van der Waals surface area contributed by atoms with Gasteiger partial charge in [-0.25, -0.2) is 15.0 Å². The fraction of sp³-hybridized carbons (Fsp3) is 0. The van der Waals surface area contributed by atoms with E-state index < -0.39 is 0 Å². The van der Waals surface area contributed by atoms with Crippen LogP contribution in [0.15, 0.2) is 224 Å². The molecule has 14 rings (SSSR count). The van der Waals surface area contributed by atoms with E-state index >= 15 is 0 Å². The first kappa shape index (κ1) is 36.5. The summed E-state index contributed by atoms with van der Waals surface area (Å²) in [7, 11) is 0. The summed E-state index contributed by atoms with van der Waals surface area (Å²) in [6.45, 7) is 0. The summed E-state index contributed by atoms with van der Waals surface area (Å²) in [5.41, 5.74) is 9.82. The van der Waals surface area contributed by atoms with E-state index in [1.54, 1.807) is 0 Å². The van der Waals surface area contributed by atoms with Crippen molar-refractivity contribution in [2.45, 2.75) is 0 Å². The molecule has 0 amide bonds. The van der Waals surface area contributed by atoms with E-state index in [4.69, 9.17) is 15.0 Å². The number of hydrogen-bond donors (Lipinski definition) is 0. The number of aromatic nitrogens is 5. The van der Waals surface area contributed by atoms with Gasteiger partial charge in [-0.2, -0.15) is 0 Å². The van der Waals surface area contributed by atoms with Gasteiger partial charge in [0.25, 0.3) is 0 Å². The lowest BCUT2D eigenvalue weighted by Crippen LogP contribution is -2.00. The van der Waals surface area contributed by atoms with Gasteiger partial charge in [0.1, 0.15) is 0 Å². The van der Waals surface area contributed by atoms with E-state index in [0.29, 0.717) is 17.5 Å². The van der Waals surface area contributed by atoms with Crippen LogP contribution in [0.25, 0.3) is 132 Å². The highest BCUT2D eigenvalue weighted by molar-refractivity contribution is 6.24. The monoisotopic (exact) mass is 839 g/mol. The van der Waals surface area contributed by atoms with Gasteiger partial charge in [0.05, 0.1) is 27.8 Å². The van der Waals surface area contributed by atoms with E-state index in [1.807, 2.05) is 18.2 Å². The van der Waals surface area contributed by atoms with Crippen LogP contribution in [-0.2, 0) is 0 Å². The highest BCUT2D eigenvalue weighted by Gasteiger charge is 2.24. The molecule has 3 aromatic heterocycles. The molecule has 306 valence electrons. The lowest BCUT2D eigenvalue weighted by atomic mass is 10.0. The zero-order valence-corrected chi connectivity index (χ0v) is 35.6. The summed E-state index contributed by atoms with van der Waals surface area (Å²) in [6.07, 6.45) is 0. The first-order valence-corrected chi connectivity index (χ1v) is 22.4. The van der Waals surface area contributed by atoms with Gasteiger partial charge in [0.15, 0.2) is 17.5 Å². The average Bonchev–Trinajstić information content (AvgIpc) is 3.90. The summed E-state index contributed by atoms with van der Waals surface area (Å²) in [4.78, 5) is 15.4. The number of para-hydroxylation sites is 2. The third-order valence-electron chi connectivity index (χ3n) is 13.5. The molecule has 3 heterocycles. The Balaban J connectivity index is 1.02. The molecule has 0 aliphatic rings. The molecule has 0 fully saturated rings. The number of benzene rings is 11. The van der Waals surface area contributed by atoms with Crippen LogP contribution >= 0.6 is 0 Å². The lowest BCUT2D eigenvalue weighted by molar-refractivity contribution is 1.08. The van der Waals surface area contributed by atoms with Crippen molar-refractivity contribution in [3.63, 3.8) is 0 Å². The lowest BCUT2D eigenvalue weighted by Gasteiger charge is -2.16. The number of hydrogen-bond acceptors (Lipinski definition) is 3. The normalized spacial score (nSPS) is 11.9. The van der Waals surface area contributed by atoms with Gasteiger partial charge < -0.3 is 9.13 Å². The second kappa shape index (κ2) is 14.3. The highest BCUT2D eigenvalue weighted by Crippen LogP contribution is 2.45. The van der Waals surface area contributed by atoms with Crippen LogP contribution in [0.4, 0.5) is 0 Å². The number of rotatable bonds is 5. The van der Waals surface area contributed by atoms with Crippen molar-refractivity contribution < 1.29 is 0 Å². The minimum atomic E-state index is 0.630. The Labute approximate surface area is 379 Å². The Morgan fingerprint density at radius 3 is 1.70 bits per heavy atom. The Bertz CT molecular complexity index is 4290. The molecule has 0 saturated carbocycles. The molecule has 14 aromatic rings. The molecular formula is C61H37N5. The Hall–Kier alpha value is -8.93. The number of fused-ring (bicyclic) bond motifs is 11. The summed E-state index contributed by atoms with van der Waals surface area (Å²) < 4.78 is 5.00. The molecule has 0 aliphatic carbocycles. The molecule has 11 aromatic carbocycles. The maximum Gasteiger partial charge on any atom is 0.164 e. The van der Waals surface area contributed by atoms with E-state index in [0.717, 1.165) is 55.0 Å². The van der Waals surface area contributed by atoms with Crippen LogP contribution in [0.1, 0.15) is 0 Å². The van der Waals surface area contributed by atoms with E-state index in [1.165, 1.54) is 59.8 Å². The van der Waals surface area contributed by atoms with Gasteiger partial charge in [-0.05, 0) is 68.7 Å². The van der Waals surface area contributed by atoms with Gasteiger partial charge in [0.2, 0.25) is 0 Å². The number of nitrogens with zero attached hydrogens (tertiary/aromatic N) is 5. The largest absolute Gasteiger partial charge is 0.309 e. The SMILES string of the molecule is c1ccc(-c2nc(-c3ccc4ccc(-n5c6ccccc6c6c(-n7c8ccccc8c8ccc9ccccc9c87)c7ccccc7cc65)cc4c3)nc(-c3cccc4ccccc34)n2)cc1. The van der Waals surface area contributed by atoms with E-state index in [2.05, 4.69) is 215 Å². The fourth-order valence-electron chi connectivity index (χ4n) is 10.5. The summed E-state index contributed by atoms with van der Waals surface area (Å²) in [6, 6.07) is 80.6. The smallest absolute Gasteiger partial charge is 0.164 e. The van der Waals surface area contributed by atoms with Crippen LogP contribution < -0.4 is 0 Å². The predicted molar refractivity (Wildman–Crippen MR) is 275 cm³/mol. The van der Waals surface area contributed by atoms with Crippen molar-refractivity contribution in [1.29, 1.82) is 0 Å². The zero-order chi connectivity index (χ0) is 43.3. The maximum absolute atomic E-state index is 5.21. The van der Waals surface area contributed by atoms with Crippen LogP contribution in [0.2, 0.25) is 0 Å². The molecular weight excluding hydrogens is 803 g/mol. The van der Waals surface area contributed by atoms with Gasteiger partial charge in [-0.15, -0.1) is 0 Å². The van der Waals surface area contributed by atoms with Gasteiger partial charge >= 0.3 is 0 Å². The van der Waals surface area contributed by atoms with Crippen molar-refractivity contribution in [1.82, 2.24) is 24.1 Å². The fourth-order valence-corrected chi connectivity index (χ4v) is 10.5. The first-order valence-electron chi connectivity index (χ1n) is 22.4. The van der Waals surface area contributed by atoms with E-state index in [9.17, 15) is 0 Å². The summed E-state index contributed by atoms with van der Waals surface area (Å²) >= 11 is 0. The van der Waals surface area contributed by atoms with Gasteiger partial charge in [-0.3, -0.25) is 0 Å². The third kappa shape index (κ3) is 5.50. The van der Waals surface area contributed by atoms with E-state index in [-0.39, 0.29) is 0 Å². The molecule has 0 unspecified atom stereocenters. The first-order chi connectivity index (χ1) is 32.7. The Morgan fingerprint density at radius 2 is 0.879 bits per heavy atom. The molecule has 0 N–H and O–H groups in total. The Morgan fingerprint density at radius 1 is 0.288 bits per heavy atom. The van der Waals surface area contributed by atoms with Gasteiger partial charge in [0, 0.05) is 54.7 Å². The molecule has 0 aliphatic heterocycles. The zero-order valence-electron chi connectivity index (χ0n) is 35.6. The molecule has 0 radical (unpaired) electrons. The maximum atomic E-state index is 5.21. The molecule has 0 saturated heterocycles. The molecule has 5 nitrogen and oxygen atoms in total. The van der Waals surface area contributed by atoms with Crippen molar-refractivity contribution >= 4 is 86.7 Å². The molecule has 0 atom stereocenters. The molecule has 0 spiro atoms. The highest BCUT2D eigenvalue weighted by atomic mass is 15.0. The summed E-state index contributed by atoms with van der Waals surface area (Å²) in [5.74, 6) is 1.92. The third-order valence-corrected chi connectivity index (χ3v) is 13.5. The minimum absolute atomic E-state index is 0.630. The van der Waals surface area contributed by atoms with Crippen LogP contribution in [0, 0.1) is 0 Å². The predicted octanol–water partition coefficient (Wildman–Crippen LogP) is 15.7. The molecule has 5 heteroatoms. The quantitative estimate of drug-likeness (QED) is 0.173. The second-order valence-corrected chi connectivity index (χ2v) is 17.2. The Kier molecular flexibility index (Phi) is 7.91. The van der Waals surface area contributed by atoms with Crippen LogP contribution in [0.3, 0.4) is 0 Å². The van der Waals surface area contributed by atoms with Crippen molar-refractivity contribution in [2.24, 2.45) is 0 Å². The van der Waals surface area contributed by atoms with Crippen LogP contribution in [-0.4, -0.2) is 24.1 Å². The van der Waals surface area contributed by atoms with Crippen molar-refractivity contribution in [3.05, 3.63) is 224 Å². The molecule has 66 heavy (non-hydrogen) atoms. The molecule has 0 bridgehead atoms. The van der Waals surface area contributed by atoms with Crippen LogP contribution in [0.5, 0.6) is 0 Å². The summed E-state index contributed by atoms with van der Waals surface area (Å²) in [5, 5.41) is 14.2. The minimum Gasteiger partial charge on any atom is -0.309 e. The van der Waals surface area contributed by atoms with Gasteiger partial charge in [-0.1, -0.05) is 188 Å². The second-order valence-electron chi connectivity index (χ2n) is 17.2. The topological polar surface area (TPSA) is 48.5 Å². The average molecular weight is 840 g/mol.